The van der Waals surface area contributed by atoms with Gasteiger partial charge in [0.1, 0.15) is 0 Å². The third kappa shape index (κ3) is 2.25. The largest absolute Gasteiger partial charge is 0.323 e. The third-order valence-corrected chi connectivity index (χ3v) is 3.85. The summed E-state index contributed by atoms with van der Waals surface area (Å²) in [7, 11) is 0. The summed E-state index contributed by atoms with van der Waals surface area (Å²) < 4.78 is 0. The molecular weight excluding hydrogens is 202 g/mol. The maximum atomic E-state index is 6.12. The Balaban J connectivity index is 0.000000845. The van der Waals surface area contributed by atoms with Crippen molar-refractivity contribution in [1.29, 1.82) is 0 Å². The van der Waals surface area contributed by atoms with E-state index in [9.17, 15) is 0 Å². The summed E-state index contributed by atoms with van der Waals surface area (Å²) in [6, 6.07) is 4.67. The summed E-state index contributed by atoms with van der Waals surface area (Å²) in [5.41, 5.74) is 6.12. The maximum absolute atomic E-state index is 6.12. The van der Waals surface area contributed by atoms with E-state index >= 15 is 0 Å². The summed E-state index contributed by atoms with van der Waals surface area (Å²) in [5.74, 6) is 0.767. The molecule has 1 aliphatic carbocycles. The van der Waals surface area contributed by atoms with Crippen molar-refractivity contribution in [3.05, 3.63) is 21.9 Å². The van der Waals surface area contributed by atoms with Gasteiger partial charge in [-0.1, -0.05) is 6.42 Å². The van der Waals surface area contributed by atoms with E-state index in [1.807, 2.05) is 11.3 Å². The molecule has 1 fully saturated rings. The lowest BCUT2D eigenvalue weighted by Crippen LogP contribution is -2.25. The monoisotopic (exact) mass is 217 g/mol. The van der Waals surface area contributed by atoms with Gasteiger partial charge in [-0.3, -0.25) is 0 Å². The summed E-state index contributed by atoms with van der Waals surface area (Å²) in [4.78, 5) is 2.75. The van der Waals surface area contributed by atoms with Crippen LogP contribution in [-0.2, 0) is 0 Å². The number of hydrogen-bond donors (Lipinski definition) is 1. The molecule has 0 bridgehead atoms. The van der Waals surface area contributed by atoms with Gasteiger partial charge in [-0.05, 0) is 37.8 Å². The van der Waals surface area contributed by atoms with E-state index in [1.54, 1.807) is 0 Å². The average molecular weight is 218 g/mol. The van der Waals surface area contributed by atoms with Crippen LogP contribution in [0.5, 0.6) is 0 Å². The van der Waals surface area contributed by atoms with Crippen molar-refractivity contribution in [3.63, 3.8) is 0 Å². The molecule has 1 heterocycles. The first kappa shape index (κ1) is 11.0. The molecule has 0 unspecified atom stereocenters. The molecule has 3 heteroatoms. The van der Waals surface area contributed by atoms with Crippen molar-refractivity contribution in [2.75, 3.05) is 0 Å². The molecule has 0 aliphatic heterocycles. The molecule has 1 nitrogen and oxygen atoms in total. The first-order valence-electron chi connectivity index (χ1n) is 4.59. The lowest BCUT2D eigenvalue weighted by Gasteiger charge is -2.30. The van der Waals surface area contributed by atoms with E-state index in [0.29, 0.717) is 6.04 Å². The normalized spacial score (nSPS) is 18.9. The SMILES string of the molecule is Cc1ccc([C@@H](N)C2CCC2)s1.Cl. The van der Waals surface area contributed by atoms with Crippen molar-refractivity contribution in [1.82, 2.24) is 0 Å². The van der Waals surface area contributed by atoms with Crippen LogP contribution in [0.2, 0.25) is 0 Å². The van der Waals surface area contributed by atoms with Gasteiger partial charge in [0.2, 0.25) is 0 Å². The third-order valence-electron chi connectivity index (χ3n) is 2.75. The fourth-order valence-electron chi connectivity index (χ4n) is 1.66. The van der Waals surface area contributed by atoms with Gasteiger partial charge >= 0.3 is 0 Å². The standard InChI is InChI=1S/C10H15NS.ClH/c1-7-5-6-9(12-7)10(11)8-3-2-4-8;/h5-6,8,10H,2-4,11H2,1H3;1H/t10-;/m0./s1. The minimum atomic E-state index is 0. The highest BCUT2D eigenvalue weighted by atomic mass is 35.5. The maximum Gasteiger partial charge on any atom is 0.0418 e. The van der Waals surface area contributed by atoms with Gasteiger partial charge in [-0.2, -0.15) is 0 Å². The molecule has 2 rings (SSSR count). The molecule has 1 saturated carbocycles. The number of hydrogen-bond acceptors (Lipinski definition) is 2. The molecule has 2 N–H and O–H groups in total. The van der Waals surface area contributed by atoms with Crippen molar-refractivity contribution in [2.45, 2.75) is 32.2 Å². The van der Waals surface area contributed by atoms with E-state index in [-0.39, 0.29) is 12.4 Å². The quantitative estimate of drug-likeness (QED) is 0.809. The van der Waals surface area contributed by atoms with Crippen LogP contribution >= 0.6 is 23.7 Å². The van der Waals surface area contributed by atoms with Gasteiger partial charge in [0, 0.05) is 15.8 Å². The van der Waals surface area contributed by atoms with Gasteiger partial charge in [0.05, 0.1) is 0 Å². The van der Waals surface area contributed by atoms with Crippen LogP contribution in [0.4, 0.5) is 0 Å². The van der Waals surface area contributed by atoms with Crippen LogP contribution in [0.3, 0.4) is 0 Å². The highest BCUT2D eigenvalue weighted by molar-refractivity contribution is 7.12. The Morgan fingerprint density at radius 1 is 1.46 bits per heavy atom. The lowest BCUT2D eigenvalue weighted by atomic mass is 9.79. The predicted molar refractivity (Wildman–Crippen MR) is 60.6 cm³/mol. The molecule has 1 atom stereocenters. The van der Waals surface area contributed by atoms with Gasteiger partial charge in [0.15, 0.2) is 0 Å². The molecule has 13 heavy (non-hydrogen) atoms. The smallest absolute Gasteiger partial charge is 0.0418 e. The summed E-state index contributed by atoms with van der Waals surface area (Å²) >= 11 is 1.85. The molecule has 1 aliphatic rings. The zero-order chi connectivity index (χ0) is 8.55. The highest BCUT2D eigenvalue weighted by Crippen LogP contribution is 2.38. The molecular formula is C10H16ClNS. The molecule has 0 saturated heterocycles. The van der Waals surface area contributed by atoms with Crippen molar-refractivity contribution in [2.24, 2.45) is 11.7 Å². The van der Waals surface area contributed by atoms with Crippen molar-refractivity contribution in [3.8, 4) is 0 Å². The zero-order valence-electron chi connectivity index (χ0n) is 7.82. The highest BCUT2D eigenvalue weighted by Gasteiger charge is 2.26. The predicted octanol–water partition coefficient (Wildman–Crippen LogP) is 3.28. The molecule has 1 aromatic rings. The first-order valence-corrected chi connectivity index (χ1v) is 5.41. The van der Waals surface area contributed by atoms with Crippen LogP contribution in [0.1, 0.15) is 35.1 Å². The number of halogens is 1. The zero-order valence-corrected chi connectivity index (χ0v) is 9.46. The lowest BCUT2D eigenvalue weighted by molar-refractivity contribution is 0.267. The van der Waals surface area contributed by atoms with Gasteiger partial charge < -0.3 is 5.73 Å². The van der Waals surface area contributed by atoms with E-state index < -0.39 is 0 Å². The first-order chi connectivity index (χ1) is 5.77. The van der Waals surface area contributed by atoms with Crippen LogP contribution in [0, 0.1) is 12.8 Å². The number of aryl methyl sites for hydroxylation is 1. The summed E-state index contributed by atoms with van der Waals surface area (Å²) in [6.07, 6.45) is 4.04. The second-order valence-electron chi connectivity index (χ2n) is 3.67. The van der Waals surface area contributed by atoms with Crippen molar-refractivity contribution < 1.29 is 0 Å². The van der Waals surface area contributed by atoms with Crippen molar-refractivity contribution >= 4 is 23.7 Å². The van der Waals surface area contributed by atoms with Gasteiger partial charge in [-0.15, -0.1) is 23.7 Å². The number of rotatable bonds is 2. The number of thiophene rings is 1. The Morgan fingerprint density at radius 3 is 2.54 bits per heavy atom. The topological polar surface area (TPSA) is 26.0 Å². The molecule has 0 spiro atoms. The van der Waals surface area contributed by atoms with E-state index in [2.05, 4.69) is 19.1 Å². The average Bonchev–Trinajstić information content (AvgIpc) is 2.31. The van der Waals surface area contributed by atoms with Gasteiger partial charge in [0.25, 0.3) is 0 Å². The second kappa shape index (κ2) is 4.45. The Morgan fingerprint density at radius 2 is 2.15 bits per heavy atom. The Kier molecular flexibility index (Phi) is 3.77. The Labute approximate surface area is 89.7 Å². The Hall–Kier alpha value is -0.0500. The molecule has 0 aromatic carbocycles. The molecule has 0 amide bonds. The molecule has 0 radical (unpaired) electrons. The van der Waals surface area contributed by atoms with Crippen LogP contribution in [0.15, 0.2) is 12.1 Å². The van der Waals surface area contributed by atoms with Gasteiger partial charge in [-0.25, -0.2) is 0 Å². The molecule has 1 aromatic heterocycles. The van der Waals surface area contributed by atoms with E-state index in [0.717, 1.165) is 5.92 Å². The van der Waals surface area contributed by atoms with E-state index in [1.165, 1.54) is 29.0 Å². The van der Waals surface area contributed by atoms with Crippen LogP contribution in [-0.4, -0.2) is 0 Å². The van der Waals surface area contributed by atoms with Crippen LogP contribution in [0.25, 0.3) is 0 Å². The number of nitrogens with two attached hydrogens (primary N) is 1. The summed E-state index contributed by atoms with van der Waals surface area (Å²) in [5, 5.41) is 0. The molecule has 74 valence electrons. The minimum Gasteiger partial charge on any atom is -0.323 e. The minimum absolute atomic E-state index is 0. The fourth-order valence-corrected chi connectivity index (χ4v) is 2.64. The second-order valence-corrected chi connectivity index (χ2v) is 4.98. The van der Waals surface area contributed by atoms with Crippen LogP contribution < -0.4 is 5.73 Å². The Bertz CT molecular complexity index is 268. The summed E-state index contributed by atoms with van der Waals surface area (Å²) in [6.45, 7) is 2.14. The van der Waals surface area contributed by atoms with E-state index in [4.69, 9.17) is 5.73 Å². The fraction of sp³-hybridized carbons (Fsp3) is 0.600.